The van der Waals surface area contributed by atoms with Crippen molar-refractivity contribution in [3.63, 3.8) is 0 Å². The molecule has 2 aromatic carbocycles. The standard InChI is InChI=1S/C22H25NO6/c1-22(2,3)29-21(27)23-18(13-24)12-15-6-10-19(11-7-15)28-14-16-4-8-17(9-5-16)20(25)26/h4-11,13,18H,12,14H2,1-3H3,(H,23,27)(H,25,26). The zero-order valence-electron chi connectivity index (χ0n) is 16.7. The molecule has 0 spiro atoms. The number of alkyl carbamates (subject to hydrolysis) is 1. The molecule has 2 rings (SSSR count). The van der Waals surface area contributed by atoms with E-state index in [1.54, 1.807) is 45.0 Å². The molecule has 0 radical (unpaired) electrons. The van der Waals surface area contributed by atoms with Crippen LogP contribution in [0.15, 0.2) is 48.5 Å². The Hall–Kier alpha value is -3.35. The van der Waals surface area contributed by atoms with Crippen LogP contribution in [0.1, 0.15) is 42.3 Å². The van der Waals surface area contributed by atoms with Crippen molar-refractivity contribution in [2.45, 2.75) is 45.4 Å². The summed E-state index contributed by atoms with van der Waals surface area (Å²) in [6.07, 6.45) is 0.373. The van der Waals surface area contributed by atoms with E-state index in [-0.39, 0.29) is 5.56 Å². The van der Waals surface area contributed by atoms with Crippen molar-refractivity contribution >= 4 is 18.3 Å². The normalized spacial score (nSPS) is 12.0. The van der Waals surface area contributed by atoms with Gasteiger partial charge < -0.3 is 24.7 Å². The van der Waals surface area contributed by atoms with Gasteiger partial charge in [0.2, 0.25) is 0 Å². The second kappa shape index (κ2) is 9.73. The van der Waals surface area contributed by atoms with Crippen LogP contribution in [0.2, 0.25) is 0 Å². The highest BCUT2D eigenvalue weighted by Crippen LogP contribution is 2.16. The van der Waals surface area contributed by atoms with E-state index in [1.165, 1.54) is 12.1 Å². The van der Waals surface area contributed by atoms with Crippen LogP contribution in [-0.2, 0) is 22.6 Å². The number of hydrogen-bond acceptors (Lipinski definition) is 5. The molecule has 0 fully saturated rings. The van der Waals surface area contributed by atoms with Crippen LogP contribution in [0.4, 0.5) is 4.79 Å². The third-order valence-electron chi connectivity index (χ3n) is 3.85. The van der Waals surface area contributed by atoms with E-state index in [9.17, 15) is 14.4 Å². The molecule has 2 N–H and O–H groups in total. The number of aromatic carboxylic acids is 1. The number of carboxylic acids is 1. The Morgan fingerprint density at radius 2 is 1.62 bits per heavy atom. The molecule has 0 saturated carbocycles. The van der Waals surface area contributed by atoms with E-state index >= 15 is 0 Å². The fraction of sp³-hybridized carbons (Fsp3) is 0.318. The third kappa shape index (κ3) is 7.65. The van der Waals surface area contributed by atoms with Crippen LogP contribution in [0, 0.1) is 0 Å². The Balaban J connectivity index is 1.87. The topological polar surface area (TPSA) is 102 Å². The van der Waals surface area contributed by atoms with Gasteiger partial charge >= 0.3 is 12.1 Å². The maximum absolute atomic E-state index is 11.8. The number of amides is 1. The van der Waals surface area contributed by atoms with Gasteiger partial charge in [0, 0.05) is 0 Å². The molecule has 0 saturated heterocycles. The third-order valence-corrected chi connectivity index (χ3v) is 3.85. The lowest BCUT2D eigenvalue weighted by atomic mass is 10.1. The van der Waals surface area contributed by atoms with Crippen molar-refractivity contribution in [1.29, 1.82) is 0 Å². The molecule has 2 aromatic rings. The Kier molecular flexibility index (Phi) is 7.36. The average molecular weight is 399 g/mol. The molecule has 0 bridgehead atoms. The van der Waals surface area contributed by atoms with E-state index in [4.69, 9.17) is 14.6 Å². The predicted molar refractivity (Wildman–Crippen MR) is 107 cm³/mol. The van der Waals surface area contributed by atoms with Crippen molar-refractivity contribution < 1.29 is 29.0 Å². The molecule has 7 heteroatoms. The molecule has 0 aliphatic heterocycles. The lowest BCUT2D eigenvalue weighted by Crippen LogP contribution is -2.41. The van der Waals surface area contributed by atoms with Gasteiger partial charge in [-0.1, -0.05) is 24.3 Å². The number of ether oxygens (including phenoxy) is 2. The van der Waals surface area contributed by atoms with Crippen LogP contribution in [0.5, 0.6) is 5.75 Å². The van der Waals surface area contributed by atoms with Gasteiger partial charge in [0.1, 0.15) is 24.2 Å². The summed E-state index contributed by atoms with van der Waals surface area (Å²) >= 11 is 0. The van der Waals surface area contributed by atoms with Crippen LogP contribution in [-0.4, -0.2) is 35.1 Å². The minimum atomic E-state index is -0.970. The Morgan fingerprint density at radius 3 is 2.14 bits per heavy atom. The first-order valence-corrected chi connectivity index (χ1v) is 9.15. The second-order valence-corrected chi connectivity index (χ2v) is 7.53. The van der Waals surface area contributed by atoms with Crippen LogP contribution >= 0.6 is 0 Å². The highest BCUT2D eigenvalue weighted by atomic mass is 16.6. The number of nitrogens with one attached hydrogen (secondary N) is 1. The summed E-state index contributed by atoms with van der Waals surface area (Å²) in [5, 5.41) is 11.4. The van der Waals surface area contributed by atoms with E-state index in [0.717, 1.165) is 11.1 Å². The number of hydrogen-bond donors (Lipinski definition) is 2. The molecule has 1 amide bonds. The molecule has 0 aromatic heterocycles. The van der Waals surface area contributed by atoms with Gasteiger partial charge in [0.25, 0.3) is 0 Å². The second-order valence-electron chi connectivity index (χ2n) is 7.53. The van der Waals surface area contributed by atoms with Crippen LogP contribution in [0.25, 0.3) is 0 Å². The first kappa shape index (κ1) is 21.9. The maximum Gasteiger partial charge on any atom is 0.408 e. The summed E-state index contributed by atoms with van der Waals surface area (Å²) in [6.45, 7) is 5.56. The molecule has 7 nitrogen and oxygen atoms in total. The summed E-state index contributed by atoms with van der Waals surface area (Å²) in [4.78, 5) is 33.9. The monoisotopic (exact) mass is 399 g/mol. The largest absolute Gasteiger partial charge is 0.489 e. The number of benzene rings is 2. The Morgan fingerprint density at radius 1 is 1.03 bits per heavy atom. The number of carboxylic acid groups (broad SMARTS) is 1. The van der Waals surface area contributed by atoms with Gasteiger partial charge in [0.15, 0.2) is 0 Å². The van der Waals surface area contributed by atoms with Gasteiger partial charge in [-0.05, 0) is 62.6 Å². The summed E-state index contributed by atoms with van der Waals surface area (Å²) in [5.41, 5.74) is 1.30. The summed E-state index contributed by atoms with van der Waals surface area (Å²) < 4.78 is 10.9. The minimum Gasteiger partial charge on any atom is -0.489 e. The molecule has 0 heterocycles. The zero-order chi connectivity index (χ0) is 21.4. The molecule has 0 aliphatic rings. The number of rotatable bonds is 8. The molecule has 0 aliphatic carbocycles. The molecule has 29 heavy (non-hydrogen) atoms. The van der Waals surface area contributed by atoms with Crippen molar-refractivity contribution in [1.82, 2.24) is 5.32 Å². The van der Waals surface area contributed by atoms with Gasteiger partial charge in [-0.25, -0.2) is 9.59 Å². The van der Waals surface area contributed by atoms with Gasteiger partial charge in [-0.3, -0.25) is 0 Å². The lowest BCUT2D eigenvalue weighted by Gasteiger charge is -2.21. The smallest absolute Gasteiger partial charge is 0.408 e. The summed E-state index contributed by atoms with van der Waals surface area (Å²) in [5.74, 6) is -0.332. The van der Waals surface area contributed by atoms with Gasteiger partial charge in [-0.15, -0.1) is 0 Å². The van der Waals surface area contributed by atoms with Crippen LogP contribution in [0.3, 0.4) is 0 Å². The molecule has 154 valence electrons. The van der Waals surface area contributed by atoms with E-state index in [0.29, 0.717) is 25.1 Å². The van der Waals surface area contributed by atoms with Crippen molar-refractivity contribution in [2.24, 2.45) is 0 Å². The summed E-state index contributed by atoms with van der Waals surface area (Å²) in [6, 6.07) is 13.0. The SMILES string of the molecule is CC(C)(C)OC(=O)NC(C=O)Cc1ccc(OCc2ccc(C(=O)O)cc2)cc1. The van der Waals surface area contributed by atoms with Gasteiger partial charge in [-0.2, -0.15) is 0 Å². The van der Waals surface area contributed by atoms with Crippen molar-refractivity contribution in [3.05, 3.63) is 65.2 Å². The fourth-order valence-corrected chi connectivity index (χ4v) is 2.48. The van der Waals surface area contributed by atoms with E-state index in [2.05, 4.69) is 5.32 Å². The highest BCUT2D eigenvalue weighted by molar-refractivity contribution is 5.87. The lowest BCUT2D eigenvalue weighted by molar-refractivity contribution is -0.109. The number of aldehydes is 1. The van der Waals surface area contributed by atoms with Crippen molar-refractivity contribution in [3.8, 4) is 5.75 Å². The molecule has 1 unspecified atom stereocenters. The molecular formula is C22H25NO6. The minimum absolute atomic E-state index is 0.225. The molecular weight excluding hydrogens is 374 g/mol. The summed E-state index contributed by atoms with van der Waals surface area (Å²) in [7, 11) is 0. The zero-order valence-corrected chi connectivity index (χ0v) is 16.7. The quantitative estimate of drug-likeness (QED) is 0.658. The highest BCUT2D eigenvalue weighted by Gasteiger charge is 2.19. The first-order chi connectivity index (χ1) is 13.7. The predicted octanol–water partition coefficient (Wildman–Crippen LogP) is 3.60. The fourth-order valence-electron chi connectivity index (χ4n) is 2.48. The Bertz CT molecular complexity index is 837. The molecule has 1 atom stereocenters. The van der Waals surface area contributed by atoms with Crippen molar-refractivity contribution in [2.75, 3.05) is 0 Å². The maximum atomic E-state index is 11.8. The Labute approximate surface area is 169 Å². The van der Waals surface area contributed by atoms with E-state index < -0.39 is 23.7 Å². The van der Waals surface area contributed by atoms with E-state index in [1.807, 2.05) is 12.1 Å². The van der Waals surface area contributed by atoms with Gasteiger partial charge in [0.05, 0.1) is 11.6 Å². The first-order valence-electron chi connectivity index (χ1n) is 9.15. The average Bonchev–Trinajstić information content (AvgIpc) is 2.65. The number of carbonyl (C=O) groups excluding carboxylic acids is 2. The van der Waals surface area contributed by atoms with Crippen LogP contribution < -0.4 is 10.1 Å². The number of carbonyl (C=O) groups is 3.